The number of amides is 1. The Labute approximate surface area is 183 Å². The predicted molar refractivity (Wildman–Crippen MR) is 112 cm³/mol. The highest BCUT2D eigenvalue weighted by Gasteiger charge is 2.72. The zero-order valence-electron chi connectivity index (χ0n) is 18.6. The molecule has 168 valence electrons. The third-order valence-corrected chi connectivity index (χ3v) is 6.55. The lowest BCUT2D eigenvalue weighted by Gasteiger charge is -2.41. The summed E-state index contributed by atoms with van der Waals surface area (Å²) in [6.45, 7) is 12.1. The van der Waals surface area contributed by atoms with Gasteiger partial charge in [-0.05, 0) is 51.7 Å². The minimum absolute atomic E-state index is 0.128. The molecular formula is C24H31NO6. The third-order valence-electron chi connectivity index (χ3n) is 6.55. The van der Waals surface area contributed by atoms with E-state index in [1.165, 1.54) is 5.56 Å². The van der Waals surface area contributed by atoms with Crippen LogP contribution in [0.2, 0.25) is 0 Å². The fourth-order valence-electron chi connectivity index (χ4n) is 5.33. The van der Waals surface area contributed by atoms with Gasteiger partial charge in [0.05, 0.1) is 12.6 Å². The van der Waals surface area contributed by atoms with Crippen molar-refractivity contribution in [1.82, 2.24) is 4.90 Å². The number of hydrogen-bond acceptors (Lipinski definition) is 6. The highest BCUT2D eigenvalue weighted by molar-refractivity contribution is 5.86. The van der Waals surface area contributed by atoms with Gasteiger partial charge in [0.2, 0.25) is 0 Å². The fraction of sp³-hybridized carbons (Fsp3) is 0.625. The molecule has 1 aromatic rings. The van der Waals surface area contributed by atoms with Crippen molar-refractivity contribution in [2.75, 3.05) is 13.2 Å². The van der Waals surface area contributed by atoms with Crippen LogP contribution in [0.5, 0.6) is 0 Å². The molecule has 3 fully saturated rings. The first-order valence-corrected chi connectivity index (χ1v) is 11.0. The fourth-order valence-corrected chi connectivity index (χ4v) is 5.33. The Bertz CT molecular complexity index is 898. The van der Waals surface area contributed by atoms with Gasteiger partial charge in [-0.15, -0.1) is 6.58 Å². The van der Waals surface area contributed by atoms with E-state index in [4.69, 9.17) is 23.7 Å². The molecule has 0 unspecified atom stereocenters. The summed E-state index contributed by atoms with van der Waals surface area (Å²) in [5.41, 5.74) is 2.40. The van der Waals surface area contributed by atoms with Crippen LogP contribution in [0.1, 0.15) is 51.3 Å². The molecule has 1 amide bonds. The molecule has 0 radical (unpaired) electrons. The van der Waals surface area contributed by atoms with Crippen LogP contribution in [0.4, 0.5) is 0 Å². The Morgan fingerprint density at radius 3 is 2.71 bits per heavy atom. The summed E-state index contributed by atoms with van der Waals surface area (Å²) in [7, 11) is 0. The van der Waals surface area contributed by atoms with Crippen molar-refractivity contribution in [2.45, 2.75) is 82.3 Å². The van der Waals surface area contributed by atoms with Gasteiger partial charge in [-0.2, -0.15) is 0 Å². The molecule has 1 aromatic carbocycles. The summed E-state index contributed by atoms with van der Waals surface area (Å²) in [5.74, 6) is -3.54. The SMILES string of the molecule is C=CC[C@@H]1c2ccccc2CCN1C(=O)[C@@]12O[C@H]3COC(C)(C)O[C@H]3[C@@H]1OC(C)(C)O2. The lowest BCUT2D eigenvalue weighted by Crippen LogP contribution is -2.57. The highest BCUT2D eigenvalue weighted by Crippen LogP contribution is 2.50. The Balaban J connectivity index is 1.52. The molecule has 0 aliphatic carbocycles. The summed E-state index contributed by atoms with van der Waals surface area (Å²) in [6, 6.07) is 8.13. The standard InChI is InChI=1S/C24H31NO6/c1-6-9-17-16-11-8-7-10-15(16)12-13-25(17)21(26)24-20(30-23(4,5)31-24)19-18(28-24)14-27-22(2,3)29-19/h6-8,10-11,17-20H,1,9,12-14H2,2-5H3/t17-,18+,19-,20+,24-/m1/s1. The van der Waals surface area contributed by atoms with E-state index in [0.717, 1.165) is 12.0 Å². The second-order valence-electron chi connectivity index (χ2n) is 9.64. The van der Waals surface area contributed by atoms with Gasteiger partial charge in [-0.3, -0.25) is 4.79 Å². The van der Waals surface area contributed by atoms with Crippen LogP contribution >= 0.6 is 0 Å². The molecular weight excluding hydrogens is 398 g/mol. The van der Waals surface area contributed by atoms with Gasteiger partial charge < -0.3 is 28.6 Å². The van der Waals surface area contributed by atoms with Crippen molar-refractivity contribution >= 4 is 5.91 Å². The van der Waals surface area contributed by atoms with E-state index in [1.807, 2.05) is 37.0 Å². The first kappa shape index (κ1) is 21.1. The molecule has 0 bridgehead atoms. The zero-order chi connectivity index (χ0) is 22.0. The number of fused-ring (bicyclic) bond motifs is 4. The van der Waals surface area contributed by atoms with E-state index in [-0.39, 0.29) is 11.9 Å². The van der Waals surface area contributed by atoms with Gasteiger partial charge in [0, 0.05) is 6.54 Å². The molecule has 0 spiro atoms. The molecule has 7 heteroatoms. The number of rotatable bonds is 3. The Kier molecular flexibility index (Phi) is 4.84. The van der Waals surface area contributed by atoms with Gasteiger partial charge >= 0.3 is 0 Å². The van der Waals surface area contributed by atoms with Crippen molar-refractivity contribution in [3.05, 3.63) is 48.0 Å². The number of ether oxygens (including phenoxy) is 5. The van der Waals surface area contributed by atoms with Crippen molar-refractivity contribution in [3.63, 3.8) is 0 Å². The smallest absolute Gasteiger partial charge is 0.286 e. The van der Waals surface area contributed by atoms with E-state index in [1.54, 1.807) is 13.8 Å². The summed E-state index contributed by atoms with van der Waals surface area (Å²) in [5, 5.41) is 0. The number of benzene rings is 1. The molecule has 0 N–H and O–H groups in total. The Morgan fingerprint density at radius 1 is 1.16 bits per heavy atom. The quantitative estimate of drug-likeness (QED) is 0.688. The van der Waals surface area contributed by atoms with Crippen LogP contribution in [-0.4, -0.2) is 59.6 Å². The number of nitrogens with zero attached hydrogens (tertiary/aromatic N) is 1. The summed E-state index contributed by atoms with van der Waals surface area (Å²) in [6.07, 6.45) is 1.71. The lowest BCUT2D eigenvalue weighted by atomic mass is 9.89. The van der Waals surface area contributed by atoms with Crippen LogP contribution in [0, 0.1) is 0 Å². The van der Waals surface area contributed by atoms with Crippen LogP contribution in [-0.2, 0) is 34.9 Å². The first-order chi connectivity index (χ1) is 14.7. The summed E-state index contributed by atoms with van der Waals surface area (Å²) in [4.78, 5) is 16.0. The zero-order valence-corrected chi connectivity index (χ0v) is 18.6. The van der Waals surface area contributed by atoms with E-state index < -0.39 is 35.7 Å². The molecule has 0 aromatic heterocycles. The first-order valence-electron chi connectivity index (χ1n) is 11.0. The third kappa shape index (κ3) is 3.34. The topological polar surface area (TPSA) is 66.5 Å². The molecule has 5 rings (SSSR count). The minimum atomic E-state index is -1.56. The monoisotopic (exact) mass is 429 g/mol. The van der Waals surface area contributed by atoms with Gasteiger partial charge in [0.25, 0.3) is 11.7 Å². The van der Waals surface area contributed by atoms with Crippen LogP contribution in [0.15, 0.2) is 36.9 Å². The molecule has 4 heterocycles. The maximum absolute atomic E-state index is 14.2. The van der Waals surface area contributed by atoms with Gasteiger partial charge in [0.15, 0.2) is 17.7 Å². The number of hydrogen-bond donors (Lipinski definition) is 0. The Hall–Kier alpha value is -1.77. The van der Waals surface area contributed by atoms with Gasteiger partial charge in [-0.25, -0.2) is 0 Å². The number of carbonyl (C=O) groups excluding carboxylic acids is 1. The van der Waals surface area contributed by atoms with Crippen LogP contribution in [0.25, 0.3) is 0 Å². The number of carbonyl (C=O) groups is 1. The molecule has 31 heavy (non-hydrogen) atoms. The van der Waals surface area contributed by atoms with E-state index >= 15 is 0 Å². The maximum atomic E-state index is 14.2. The van der Waals surface area contributed by atoms with Crippen molar-refractivity contribution < 1.29 is 28.5 Å². The molecule has 7 nitrogen and oxygen atoms in total. The largest absolute Gasteiger partial charge is 0.348 e. The van der Waals surface area contributed by atoms with E-state index in [9.17, 15) is 4.79 Å². The predicted octanol–water partition coefficient (Wildman–Crippen LogP) is 3.09. The average molecular weight is 430 g/mol. The van der Waals surface area contributed by atoms with E-state index in [0.29, 0.717) is 19.6 Å². The normalized spacial score (nSPS) is 37.6. The molecule has 4 aliphatic rings. The maximum Gasteiger partial charge on any atom is 0.286 e. The molecule has 3 saturated heterocycles. The second-order valence-corrected chi connectivity index (χ2v) is 9.64. The van der Waals surface area contributed by atoms with Crippen LogP contribution < -0.4 is 0 Å². The average Bonchev–Trinajstić information content (AvgIpc) is 3.15. The summed E-state index contributed by atoms with van der Waals surface area (Å²) >= 11 is 0. The second kappa shape index (κ2) is 7.12. The minimum Gasteiger partial charge on any atom is -0.348 e. The van der Waals surface area contributed by atoms with Gasteiger partial charge in [-0.1, -0.05) is 30.3 Å². The van der Waals surface area contributed by atoms with Crippen molar-refractivity contribution in [3.8, 4) is 0 Å². The van der Waals surface area contributed by atoms with E-state index in [2.05, 4.69) is 18.7 Å². The van der Waals surface area contributed by atoms with Crippen molar-refractivity contribution in [2.24, 2.45) is 0 Å². The van der Waals surface area contributed by atoms with Gasteiger partial charge in [0.1, 0.15) is 12.2 Å². The lowest BCUT2D eigenvalue weighted by molar-refractivity contribution is -0.325. The molecule has 4 aliphatic heterocycles. The molecule has 0 saturated carbocycles. The summed E-state index contributed by atoms with van der Waals surface area (Å²) < 4.78 is 30.7. The van der Waals surface area contributed by atoms with Crippen molar-refractivity contribution in [1.29, 1.82) is 0 Å². The van der Waals surface area contributed by atoms with Crippen LogP contribution in [0.3, 0.4) is 0 Å². The Morgan fingerprint density at radius 2 is 1.94 bits per heavy atom. The highest BCUT2D eigenvalue weighted by atomic mass is 16.9. The molecule has 5 atom stereocenters.